The van der Waals surface area contributed by atoms with Crippen LogP contribution in [-0.2, 0) is 0 Å². The van der Waals surface area contributed by atoms with Crippen LogP contribution in [0.2, 0.25) is 5.15 Å². The lowest BCUT2D eigenvalue weighted by atomic mass is 9.95. The highest BCUT2D eigenvalue weighted by molar-refractivity contribution is 6.29. The molecule has 2 aromatic rings. The largest absolute Gasteiger partial charge is 0.461 e. The van der Waals surface area contributed by atoms with Crippen LogP contribution >= 0.6 is 11.6 Å². The predicted molar refractivity (Wildman–Crippen MR) is 111 cm³/mol. The minimum absolute atomic E-state index is 0.00341. The van der Waals surface area contributed by atoms with Crippen molar-refractivity contribution in [2.75, 3.05) is 37.4 Å². The van der Waals surface area contributed by atoms with E-state index in [4.69, 9.17) is 22.1 Å². The molecule has 10 heteroatoms. The number of hydrogen-bond acceptors (Lipinski definition) is 7. The smallest absolute Gasteiger partial charge is 0.320 e. The number of anilines is 2. The fraction of sp³-hybridized carbons (Fsp3) is 0.550. The molecule has 0 spiro atoms. The molecule has 7 nitrogen and oxygen atoms in total. The molecule has 1 unspecified atom stereocenters. The Labute approximate surface area is 179 Å². The van der Waals surface area contributed by atoms with Crippen molar-refractivity contribution in [2.24, 2.45) is 0 Å². The molecule has 2 saturated heterocycles. The van der Waals surface area contributed by atoms with Crippen LogP contribution < -0.4 is 15.4 Å². The van der Waals surface area contributed by atoms with E-state index < -0.39 is 12.0 Å². The Bertz CT molecular complexity index is 934. The van der Waals surface area contributed by atoms with Crippen LogP contribution in [0.5, 0.6) is 6.01 Å². The van der Waals surface area contributed by atoms with Crippen molar-refractivity contribution in [3.63, 3.8) is 0 Å². The Kier molecular flexibility index (Phi) is 5.67. The molecule has 0 amide bonds. The average Bonchev–Trinajstić information content (AvgIpc) is 3.23. The maximum Gasteiger partial charge on any atom is 0.320 e. The highest BCUT2D eigenvalue weighted by Crippen LogP contribution is 2.40. The molecule has 4 heterocycles. The van der Waals surface area contributed by atoms with Crippen molar-refractivity contribution in [1.82, 2.24) is 19.9 Å². The van der Waals surface area contributed by atoms with Crippen LogP contribution in [0.4, 0.5) is 20.4 Å². The second-order valence-corrected chi connectivity index (χ2v) is 8.42. The summed E-state index contributed by atoms with van der Waals surface area (Å²) in [5.41, 5.74) is 6.34. The normalized spacial score (nSPS) is 24.6. The summed E-state index contributed by atoms with van der Waals surface area (Å²) in [6.07, 6.45) is 3.01. The molecule has 162 valence electrons. The molecular weight excluding hydrogens is 414 g/mol. The first-order valence-corrected chi connectivity index (χ1v) is 10.4. The second kappa shape index (κ2) is 8.11. The van der Waals surface area contributed by atoms with Gasteiger partial charge in [-0.25, -0.2) is 9.37 Å². The summed E-state index contributed by atoms with van der Waals surface area (Å²) < 4.78 is 34.6. The van der Waals surface area contributed by atoms with Gasteiger partial charge in [0.1, 0.15) is 18.6 Å². The third-order valence-corrected chi connectivity index (χ3v) is 6.49. The monoisotopic (exact) mass is 438 g/mol. The maximum atomic E-state index is 14.8. The Morgan fingerprint density at radius 3 is 3.03 bits per heavy atom. The number of rotatable bonds is 6. The Morgan fingerprint density at radius 2 is 2.27 bits per heavy atom. The number of halogens is 3. The number of nitrogens with two attached hydrogens (primary N) is 1. The number of pyridine rings is 1. The summed E-state index contributed by atoms with van der Waals surface area (Å²) in [4.78, 5) is 16.0. The predicted octanol–water partition coefficient (Wildman–Crippen LogP) is 3.40. The number of aromatic nitrogens is 3. The van der Waals surface area contributed by atoms with Crippen molar-refractivity contribution in [1.29, 1.82) is 0 Å². The summed E-state index contributed by atoms with van der Waals surface area (Å²) >= 11 is 6.03. The SMILES string of the molecule is CC(c1cccnc1N)N(C)c1nc(OC[C@@]23CCCN2C[C@H](F)C3)nc(Cl)c1F. The van der Waals surface area contributed by atoms with Crippen molar-refractivity contribution < 1.29 is 13.5 Å². The van der Waals surface area contributed by atoms with Gasteiger partial charge < -0.3 is 15.4 Å². The number of nitrogens with zero attached hydrogens (tertiary/aromatic N) is 5. The van der Waals surface area contributed by atoms with E-state index in [1.54, 1.807) is 24.2 Å². The zero-order valence-corrected chi connectivity index (χ0v) is 17.7. The zero-order chi connectivity index (χ0) is 21.5. The molecule has 2 N–H and O–H groups in total. The third kappa shape index (κ3) is 3.76. The topological polar surface area (TPSA) is 80.4 Å². The molecule has 0 bridgehead atoms. The van der Waals surface area contributed by atoms with Crippen LogP contribution in [-0.4, -0.2) is 58.3 Å². The molecule has 0 radical (unpaired) electrons. The minimum Gasteiger partial charge on any atom is -0.461 e. The number of alkyl halides is 1. The maximum absolute atomic E-state index is 14.8. The van der Waals surface area contributed by atoms with Crippen molar-refractivity contribution >= 4 is 23.2 Å². The molecule has 3 atom stereocenters. The van der Waals surface area contributed by atoms with Crippen molar-refractivity contribution in [3.05, 3.63) is 34.9 Å². The number of nitrogen functional groups attached to an aromatic ring is 1. The minimum atomic E-state index is -0.862. The van der Waals surface area contributed by atoms with Gasteiger partial charge in [-0.2, -0.15) is 14.4 Å². The molecular formula is C20H25ClF2N6O. The summed E-state index contributed by atoms with van der Waals surface area (Å²) in [5.74, 6) is -0.390. The lowest BCUT2D eigenvalue weighted by Crippen LogP contribution is -2.43. The van der Waals surface area contributed by atoms with E-state index in [1.165, 1.54) is 0 Å². The number of ether oxygens (including phenoxy) is 1. The standard InChI is InChI=1S/C20H25ClF2N6O/c1-12(14-5-3-7-25-17(14)24)28(2)18-15(23)16(21)26-19(27-18)30-11-20-6-4-8-29(20)10-13(22)9-20/h3,5,7,12-13H,4,6,8-11H2,1-2H3,(H2,24,25)/t12?,13-,20+/m1/s1. The summed E-state index contributed by atoms with van der Waals surface area (Å²) in [7, 11) is 1.69. The highest BCUT2D eigenvalue weighted by Gasteiger charge is 2.49. The molecule has 2 fully saturated rings. The Hall–Kier alpha value is -2.26. The van der Waals surface area contributed by atoms with E-state index in [1.807, 2.05) is 13.0 Å². The van der Waals surface area contributed by atoms with Crippen LogP contribution in [0.1, 0.15) is 37.8 Å². The molecule has 2 aromatic heterocycles. The molecule has 0 aromatic carbocycles. The second-order valence-electron chi connectivity index (χ2n) is 8.06. The zero-order valence-electron chi connectivity index (χ0n) is 17.0. The summed E-state index contributed by atoms with van der Waals surface area (Å²) in [6, 6.07) is 3.24. The van der Waals surface area contributed by atoms with Crippen molar-refractivity contribution in [3.8, 4) is 6.01 Å². The van der Waals surface area contributed by atoms with Crippen molar-refractivity contribution in [2.45, 2.75) is 43.9 Å². The molecule has 4 rings (SSSR count). The fourth-order valence-electron chi connectivity index (χ4n) is 4.51. The van der Waals surface area contributed by atoms with E-state index in [0.717, 1.165) is 24.9 Å². The Morgan fingerprint density at radius 1 is 1.47 bits per heavy atom. The van der Waals surface area contributed by atoms with Gasteiger partial charge in [-0.1, -0.05) is 17.7 Å². The van der Waals surface area contributed by atoms with Gasteiger partial charge in [-0.15, -0.1) is 0 Å². The van der Waals surface area contributed by atoms with E-state index in [2.05, 4.69) is 19.9 Å². The Balaban J connectivity index is 1.56. The lowest BCUT2D eigenvalue weighted by molar-refractivity contribution is 0.107. The van der Waals surface area contributed by atoms with Crippen LogP contribution in [0.15, 0.2) is 18.3 Å². The fourth-order valence-corrected chi connectivity index (χ4v) is 4.67. The molecule has 0 saturated carbocycles. The van der Waals surface area contributed by atoms with E-state index in [9.17, 15) is 8.78 Å². The first-order valence-electron chi connectivity index (χ1n) is 9.99. The number of hydrogen-bond donors (Lipinski definition) is 1. The molecule has 2 aliphatic heterocycles. The van der Waals surface area contributed by atoms with Crippen LogP contribution in [0.25, 0.3) is 0 Å². The summed E-state index contributed by atoms with van der Waals surface area (Å²) in [5, 5.41) is -0.330. The first kappa shape index (κ1) is 21.0. The van der Waals surface area contributed by atoms with E-state index >= 15 is 0 Å². The summed E-state index contributed by atoms with van der Waals surface area (Å²) in [6.45, 7) is 3.38. The molecule has 0 aliphatic carbocycles. The van der Waals surface area contributed by atoms with Gasteiger partial charge in [-0.3, -0.25) is 4.90 Å². The van der Waals surface area contributed by atoms with Crippen LogP contribution in [0.3, 0.4) is 0 Å². The van der Waals surface area contributed by atoms with Gasteiger partial charge in [0.05, 0.1) is 11.6 Å². The van der Waals surface area contributed by atoms with Gasteiger partial charge in [-0.05, 0) is 32.4 Å². The molecule has 30 heavy (non-hydrogen) atoms. The molecule has 2 aliphatic rings. The third-order valence-electron chi connectivity index (χ3n) is 6.24. The van der Waals surface area contributed by atoms with Gasteiger partial charge >= 0.3 is 6.01 Å². The first-order chi connectivity index (χ1) is 14.3. The lowest BCUT2D eigenvalue weighted by Gasteiger charge is -2.31. The number of fused-ring (bicyclic) bond motifs is 1. The van der Waals surface area contributed by atoms with E-state index in [-0.39, 0.29) is 35.2 Å². The highest BCUT2D eigenvalue weighted by atomic mass is 35.5. The average molecular weight is 439 g/mol. The van der Waals surface area contributed by atoms with Gasteiger partial charge in [0.2, 0.25) is 5.82 Å². The quantitative estimate of drug-likeness (QED) is 0.692. The van der Waals surface area contributed by atoms with Gasteiger partial charge in [0, 0.05) is 31.8 Å². The van der Waals surface area contributed by atoms with Gasteiger partial charge in [0.15, 0.2) is 11.0 Å². The van der Waals surface area contributed by atoms with Gasteiger partial charge in [0.25, 0.3) is 0 Å². The van der Waals surface area contributed by atoms with E-state index in [0.29, 0.717) is 18.8 Å². The van der Waals surface area contributed by atoms with Crippen LogP contribution in [0, 0.1) is 5.82 Å².